The zero-order valence-electron chi connectivity index (χ0n) is 8.07. The van der Waals surface area contributed by atoms with Crippen LogP contribution in [0.2, 0.25) is 0 Å². The van der Waals surface area contributed by atoms with Crippen molar-refractivity contribution >= 4 is 16.5 Å². The smallest absolute Gasteiger partial charge is 0.397 e. The summed E-state index contributed by atoms with van der Waals surface area (Å²) < 4.78 is 32.6. The number of hydrogen-bond acceptors (Lipinski definition) is 5. The fourth-order valence-corrected chi connectivity index (χ4v) is 1.23. The Balaban J connectivity index is 2.66. The molecular weight excluding hydrogens is 236 g/mol. The van der Waals surface area contributed by atoms with Gasteiger partial charge in [-0.2, -0.15) is 8.42 Å². The Hall–Kier alpha value is -1.57. The molecule has 16 heavy (non-hydrogen) atoms. The van der Waals surface area contributed by atoms with Gasteiger partial charge in [-0.05, 0) is 18.2 Å². The van der Waals surface area contributed by atoms with Crippen LogP contribution in [0, 0.1) is 0 Å². The lowest BCUT2D eigenvalue weighted by Gasteiger charge is -1.99. The van der Waals surface area contributed by atoms with Gasteiger partial charge in [0.25, 0.3) is 0 Å². The summed E-state index contributed by atoms with van der Waals surface area (Å²) in [6.45, 7) is -0.367. The average molecular weight is 246 g/mol. The van der Waals surface area contributed by atoms with E-state index in [-0.39, 0.29) is 18.1 Å². The van der Waals surface area contributed by atoms with Crippen molar-refractivity contribution in [3.05, 3.63) is 29.8 Å². The number of rotatable bonds is 4. The minimum Gasteiger partial charge on any atom is -0.508 e. The fourth-order valence-electron chi connectivity index (χ4n) is 0.976. The molecule has 0 saturated carbocycles. The summed E-state index contributed by atoms with van der Waals surface area (Å²) in [5.74, 6) is -0.103. The lowest BCUT2D eigenvalue weighted by molar-refractivity contribution is 0.297. The van der Waals surface area contributed by atoms with Gasteiger partial charge in [-0.25, -0.2) is 4.18 Å². The predicted octanol–water partition coefficient (Wildman–Crippen LogP) is 0.930. The normalized spacial score (nSPS) is 12.1. The molecule has 6 nitrogen and oxygen atoms in total. The van der Waals surface area contributed by atoms with E-state index < -0.39 is 10.4 Å². The molecule has 0 aliphatic rings. The van der Waals surface area contributed by atoms with Gasteiger partial charge in [-0.3, -0.25) is 4.55 Å². The molecule has 0 fully saturated rings. The van der Waals surface area contributed by atoms with Crippen molar-refractivity contribution in [3.63, 3.8) is 0 Å². The van der Waals surface area contributed by atoms with Gasteiger partial charge < -0.3 is 10.2 Å². The third kappa shape index (κ3) is 4.30. The Labute approximate surface area is 92.4 Å². The lowest BCUT2D eigenvalue weighted by atomic mass is 10.2. The second kappa shape index (κ2) is 4.97. The summed E-state index contributed by atoms with van der Waals surface area (Å²) in [6.07, 6.45) is 2.61. The van der Waals surface area contributed by atoms with E-state index in [1.165, 1.54) is 30.4 Å². The summed E-state index contributed by atoms with van der Waals surface area (Å²) in [6, 6.07) is 3.89. The van der Waals surface area contributed by atoms with Crippen molar-refractivity contribution in [1.29, 1.82) is 0 Å². The van der Waals surface area contributed by atoms with Crippen LogP contribution in [-0.4, -0.2) is 29.8 Å². The van der Waals surface area contributed by atoms with Crippen LogP contribution in [0.15, 0.2) is 24.3 Å². The molecule has 0 radical (unpaired) electrons. The Morgan fingerprint density at radius 2 is 2.00 bits per heavy atom. The van der Waals surface area contributed by atoms with Crippen molar-refractivity contribution in [2.45, 2.75) is 0 Å². The van der Waals surface area contributed by atoms with Crippen LogP contribution in [0.5, 0.6) is 11.5 Å². The van der Waals surface area contributed by atoms with Crippen LogP contribution in [0.4, 0.5) is 0 Å². The van der Waals surface area contributed by atoms with Gasteiger partial charge in [0.1, 0.15) is 11.5 Å². The van der Waals surface area contributed by atoms with E-state index in [1.807, 2.05) is 0 Å². The number of benzene rings is 1. The molecule has 88 valence electrons. The molecule has 0 saturated heterocycles. The highest BCUT2D eigenvalue weighted by Crippen LogP contribution is 2.22. The van der Waals surface area contributed by atoms with E-state index in [9.17, 15) is 13.5 Å². The topological polar surface area (TPSA) is 104 Å². The third-order valence-electron chi connectivity index (χ3n) is 1.62. The van der Waals surface area contributed by atoms with Crippen LogP contribution in [-0.2, 0) is 14.6 Å². The third-order valence-corrected chi connectivity index (χ3v) is 2.06. The lowest BCUT2D eigenvalue weighted by Crippen LogP contribution is -2.02. The molecule has 0 aliphatic carbocycles. The predicted molar refractivity (Wildman–Crippen MR) is 56.3 cm³/mol. The zero-order valence-corrected chi connectivity index (χ0v) is 8.88. The van der Waals surface area contributed by atoms with Gasteiger partial charge in [0, 0.05) is 5.56 Å². The van der Waals surface area contributed by atoms with E-state index >= 15 is 0 Å². The van der Waals surface area contributed by atoms with Crippen LogP contribution in [0.3, 0.4) is 0 Å². The van der Waals surface area contributed by atoms with Crippen molar-refractivity contribution in [2.75, 3.05) is 6.61 Å². The molecule has 0 unspecified atom stereocenters. The Kier molecular flexibility index (Phi) is 3.88. The van der Waals surface area contributed by atoms with Crippen LogP contribution < -0.4 is 0 Å². The summed E-state index contributed by atoms with van der Waals surface area (Å²) in [5.41, 5.74) is 0.305. The second-order valence-corrected chi connectivity index (χ2v) is 3.95. The van der Waals surface area contributed by atoms with E-state index in [2.05, 4.69) is 4.18 Å². The van der Waals surface area contributed by atoms with Gasteiger partial charge in [0.05, 0.1) is 6.61 Å². The first-order chi connectivity index (χ1) is 7.38. The molecule has 7 heteroatoms. The second-order valence-electron chi connectivity index (χ2n) is 2.86. The average Bonchev–Trinajstić information content (AvgIpc) is 2.16. The first kappa shape index (κ1) is 12.5. The minimum absolute atomic E-state index is 0.0341. The van der Waals surface area contributed by atoms with Gasteiger partial charge in [-0.15, -0.1) is 0 Å². The largest absolute Gasteiger partial charge is 0.508 e. The monoisotopic (exact) mass is 246 g/mol. The van der Waals surface area contributed by atoms with Crippen molar-refractivity contribution in [1.82, 2.24) is 0 Å². The molecule has 1 aromatic rings. The zero-order chi connectivity index (χ0) is 12.2. The molecule has 0 bridgehead atoms. The summed E-state index contributed by atoms with van der Waals surface area (Å²) in [5, 5.41) is 18.4. The Morgan fingerprint density at radius 3 is 2.62 bits per heavy atom. The van der Waals surface area contributed by atoms with E-state index in [4.69, 9.17) is 9.66 Å². The minimum atomic E-state index is -4.46. The molecule has 0 amide bonds. The van der Waals surface area contributed by atoms with Gasteiger partial charge in [0.2, 0.25) is 0 Å². The Bertz CT molecular complexity index is 491. The van der Waals surface area contributed by atoms with Gasteiger partial charge in [0.15, 0.2) is 0 Å². The van der Waals surface area contributed by atoms with Gasteiger partial charge >= 0.3 is 10.4 Å². The number of aromatic hydroxyl groups is 2. The first-order valence-corrected chi connectivity index (χ1v) is 5.55. The maximum atomic E-state index is 10.2. The number of phenolic OH excluding ortho intramolecular Hbond substituents is 2. The maximum absolute atomic E-state index is 10.2. The molecule has 0 heterocycles. The molecule has 0 aromatic heterocycles. The van der Waals surface area contributed by atoms with Crippen molar-refractivity contribution < 1.29 is 27.4 Å². The van der Waals surface area contributed by atoms with E-state index in [0.29, 0.717) is 5.56 Å². The summed E-state index contributed by atoms with van der Waals surface area (Å²) in [7, 11) is -4.46. The van der Waals surface area contributed by atoms with Crippen LogP contribution in [0.25, 0.3) is 6.08 Å². The quantitative estimate of drug-likeness (QED) is 0.539. The maximum Gasteiger partial charge on any atom is 0.397 e. The highest BCUT2D eigenvalue weighted by molar-refractivity contribution is 7.80. The standard InChI is InChI=1S/C9H10O6S/c10-8-3-4-9(11)7(6-8)2-1-5-15-16(12,13)14/h1-4,6,10-11H,5H2,(H,12,13,14)/b2-1+. The first-order valence-electron chi connectivity index (χ1n) is 4.19. The highest BCUT2D eigenvalue weighted by atomic mass is 32.3. The molecular formula is C9H10O6S. The summed E-state index contributed by atoms with van der Waals surface area (Å²) in [4.78, 5) is 0. The van der Waals surface area contributed by atoms with Crippen LogP contribution in [0.1, 0.15) is 5.56 Å². The van der Waals surface area contributed by atoms with Crippen LogP contribution >= 0.6 is 0 Å². The number of hydrogen-bond donors (Lipinski definition) is 3. The highest BCUT2D eigenvalue weighted by Gasteiger charge is 2.01. The molecule has 3 N–H and O–H groups in total. The molecule has 0 aliphatic heterocycles. The van der Waals surface area contributed by atoms with E-state index in [1.54, 1.807) is 0 Å². The fraction of sp³-hybridized carbons (Fsp3) is 0.111. The van der Waals surface area contributed by atoms with Gasteiger partial charge in [-0.1, -0.05) is 12.2 Å². The molecule has 1 aromatic carbocycles. The van der Waals surface area contributed by atoms with E-state index in [0.717, 1.165) is 0 Å². The van der Waals surface area contributed by atoms with Crippen molar-refractivity contribution in [2.24, 2.45) is 0 Å². The molecule has 1 rings (SSSR count). The molecule has 0 atom stereocenters. The molecule has 0 spiro atoms. The SMILES string of the molecule is O=S(=O)(O)OC/C=C/c1cc(O)ccc1O. The number of phenols is 2. The van der Waals surface area contributed by atoms with Crippen molar-refractivity contribution in [3.8, 4) is 11.5 Å². The Morgan fingerprint density at radius 1 is 1.31 bits per heavy atom. The summed E-state index contributed by atoms with van der Waals surface area (Å²) >= 11 is 0.